The van der Waals surface area contributed by atoms with E-state index in [0.717, 1.165) is 50.0 Å². The highest BCUT2D eigenvalue weighted by Gasteiger charge is 2.90. The number of benzene rings is 1. The fraction of sp³-hybridized carbons (Fsp3) is 0.636. The van der Waals surface area contributed by atoms with Crippen molar-refractivity contribution in [1.29, 1.82) is 0 Å². The van der Waals surface area contributed by atoms with Crippen LogP contribution in [-0.4, -0.2) is 59.8 Å². The molecule has 28 heavy (non-hydrogen) atoms. The first kappa shape index (κ1) is 15.9. The second-order valence-corrected chi connectivity index (χ2v) is 9.73. The number of nitrogens with zero attached hydrogens (tertiary/aromatic N) is 2. The third kappa shape index (κ3) is 1.18. The van der Waals surface area contributed by atoms with Crippen molar-refractivity contribution >= 4 is 17.6 Å². The first-order chi connectivity index (χ1) is 13.6. The number of rotatable bonds is 0. The van der Waals surface area contributed by atoms with Gasteiger partial charge in [0, 0.05) is 18.5 Å². The Balaban J connectivity index is 1.64. The summed E-state index contributed by atoms with van der Waals surface area (Å²) in [6.07, 6.45) is 2.49. The van der Waals surface area contributed by atoms with Gasteiger partial charge < -0.3 is 9.84 Å². The zero-order chi connectivity index (χ0) is 19.1. The highest BCUT2D eigenvalue weighted by Crippen LogP contribution is 2.80. The van der Waals surface area contributed by atoms with E-state index in [4.69, 9.17) is 4.74 Å². The van der Waals surface area contributed by atoms with Crippen LogP contribution in [0.3, 0.4) is 0 Å². The van der Waals surface area contributed by atoms with E-state index in [1.54, 1.807) is 4.90 Å². The lowest BCUT2D eigenvalue weighted by Crippen LogP contribution is -2.88. The molecule has 6 nitrogen and oxygen atoms in total. The predicted molar refractivity (Wildman–Crippen MR) is 100.0 cm³/mol. The second-order valence-electron chi connectivity index (χ2n) is 9.73. The van der Waals surface area contributed by atoms with E-state index in [1.165, 1.54) is 7.11 Å². The van der Waals surface area contributed by atoms with Crippen LogP contribution in [0.25, 0.3) is 0 Å². The van der Waals surface area contributed by atoms with Crippen molar-refractivity contribution in [2.24, 2.45) is 17.3 Å². The molecule has 3 heterocycles. The Kier molecular flexibility index (Phi) is 2.54. The molecule has 7 atom stereocenters. The fourth-order valence-electron chi connectivity index (χ4n) is 9.20. The molecule has 2 saturated heterocycles. The molecule has 9 rings (SSSR count). The molecule has 6 heteroatoms. The van der Waals surface area contributed by atoms with Crippen LogP contribution in [0.2, 0.25) is 0 Å². The van der Waals surface area contributed by atoms with Gasteiger partial charge in [0.25, 0.3) is 0 Å². The summed E-state index contributed by atoms with van der Waals surface area (Å²) in [6, 6.07) is 8.24. The molecule has 7 fully saturated rings. The SMILES string of the molecule is COC(=O)N1c2ccccc2[C@@]23[C@@H]4CN5CCC[C@]6(CC[C@]12[C@@H](O)[C@@H]6C4=O)[C@H]53. The minimum atomic E-state index is -0.828. The molecule has 146 valence electrons. The number of para-hydroxylation sites is 1. The van der Waals surface area contributed by atoms with Crippen molar-refractivity contribution in [2.45, 2.75) is 48.8 Å². The molecule has 1 aromatic carbocycles. The summed E-state index contributed by atoms with van der Waals surface area (Å²) in [5.74, 6) is -0.261. The molecule has 1 amide bonds. The number of aliphatic hydroxyl groups excluding tert-OH is 1. The number of piperidine rings is 1. The van der Waals surface area contributed by atoms with Crippen LogP contribution in [0.5, 0.6) is 0 Å². The van der Waals surface area contributed by atoms with E-state index in [-0.39, 0.29) is 29.1 Å². The average Bonchev–Trinajstić information content (AvgIpc) is 3.19. The summed E-state index contributed by atoms with van der Waals surface area (Å²) < 4.78 is 5.22. The monoisotopic (exact) mass is 380 g/mol. The Morgan fingerprint density at radius 3 is 2.89 bits per heavy atom. The first-order valence-corrected chi connectivity index (χ1v) is 10.5. The van der Waals surface area contributed by atoms with E-state index < -0.39 is 23.2 Å². The summed E-state index contributed by atoms with van der Waals surface area (Å²) in [5.41, 5.74) is 0.474. The largest absolute Gasteiger partial charge is 0.452 e. The Hall–Kier alpha value is -1.92. The number of hydrogen-bond donors (Lipinski definition) is 1. The summed E-state index contributed by atoms with van der Waals surface area (Å²) in [7, 11) is 1.41. The molecule has 8 aliphatic rings. The van der Waals surface area contributed by atoms with E-state index >= 15 is 0 Å². The van der Waals surface area contributed by atoms with Crippen molar-refractivity contribution in [2.75, 3.05) is 25.1 Å². The number of methoxy groups -OCH3 is 1. The zero-order valence-corrected chi connectivity index (χ0v) is 15.9. The zero-order valence-electron chi connectivity index (χ0n) is 15.9. The Morgan fingerprint density at radius 1 is 1.25 bits per heavy atom. The van der Waals surface area contributed by atoms with Gasteiger partial charge in [-0.3, -0.25) is 14.6 Å². The molecular formula is C22H24N2O4. The Bertz CT molecular complexity index is 964. The van der Waals surface area contributed by atoms with Crippen LogP contribution in [-0.2, 0) is 14.9 Å². The lowest BCUT2D eigenvalue weighted by atomic mass is 9.31. The summed E-state index contributed by atoms with van der Waals surface area (Å²) >= 11 is 0. The molecule has 0 aromatic heterocycles. The summed E-state index contributed by atoms with van der Waals surface area (Å²) in [4.78, 5) is 31.1. The van der Waals surface area contributed by atoms with E-state index in [0.29, 0.717) is 0 Å². The second kappa shape index (κ2) is 4.46. The number of aliphatic hydroxyl groups is 1. The first-order valence-electron chi connectivity index (χ1n) is 10.5. The van der Waals surface area contributed by atoms with Crippen LogP contribution >= 0.6 is 0 Å². The fourth-order valence-corrected chi connectivity index (χ4v) is 9.20. The number of ketones is 1. The van der Waals surface area contributed by atoms with Gasteiger partial charge in [0.2, 0.25) is 0 Å². The number of carbonyl (C=O) groups excluding carboxylic acids is 2. The lowest BCUT2D eigenvalue weighted by Gasteiger charge is -2.75. The standard InChI is InChI=1S/C22H24N2O4/c1-28-19(27)24-14-6-3-2-5-12(14)22-13-11-23-10-4-7-20(18(22)23)8-9-21(22,24)17(26)15(20)16(13)25/h2-3,5-6,13,15,17-18,26H,4,7-11H2,1H3/t13-,15+,17+,18+,20-,21-,22+/m1/s1. The predicted octanol–water partition coefficient (Wildman–Crippen LogP) is 1.70. The quantitative estimate of drug-likeness (QED) is 0.742. The number of Topliss-reactive ketones (excluding diaryl/α,β-unsaturated/α-hetero) is 1. The van der Waals surface area contributed by atoms with Crippen LogP contribution < -0.4 is 4.90 Å². The smallest absolute Gasteiger partial charge is 0.414 e. The van der Waals surface area contributed by atoms with Crippen molar-refractivity contribution in [3.8, 4) is 0 Å². The normalized spacial score (nSPS) is 49.4. The van der Waals surface area contributed by atoms with Crippen molar-refractivity contribution < 1.29 is 19.4 Å². The molecule has 6 bridgehead atoms. The molecular weight excluding hydrogens is 356 g/mol. The van der Waals surface area contributed by atoms with Gasteiger partial charge in [0.15, 0.2) is 0 Å². The van der Waals surface area contributed by atoms with Gasteiger partial charge in [0.1, 0.15) is 5.78 Å². The number of amides is 1. The average molecular weight is 380 g/mol. The third-order valence-corrected chi connectivity index (χ3v) is 9.50. The molecule has 1 N–H and O–H groups in total. The van der Waals surface area contributed by atoms with Gasteiger partial charge in [-0.05, 0) is 49.3 Å². The van der Waals surface area contributed by atoms with Crippen LogP contribution in [0.15, 0.2) is 24.3 Å². The topological polar surface area (TPSA) is 70.1 Å². The van der Waals surface area contributed by atoms with Crippen LogP contribution in [0.4, 0.5) is 10.5 Å². The van der Waals surface area contributed by atoms with Gasteiger partial charge >= 0.3 is 6.09 Å². The van der Waals surface area contributed by atoms with E-state index in [1.807, 2.05) is 18.2 Å². The van der Waals surface area contributed by atoms with Gasteiger partial charge in [-0.1, -0.05) is 18.2 Å². The van der Waals surface area contributed by atoms with Gasteiger partial charge in [-0.2, -0.15) is 0 Å². The maximum Gasteiger partial charge on any atom is 0.414 e. The van der Waals surface area contributed by atoms with Crippen LogP contribution in [0, 0.1) is 17.3 Å². The number of fused-ring (bicyclic) bond motifs is 2. The number of carbonyl (C=O) groups is 2. The highest BCUT2D eigenvalue weighted by molar-refractivity contribution is 6.01. The molecule has 5 saturated carbocycles. The maximum absolute atomic E-state index is 13.8. The van der Waals surface area contributed by atoms with Gasteiger partial charge in [-0.15, -0.1) is 0 Å². The van der Waals surface area contributed by atoms with E-state index in [9.17, 15) is 14.7 Å². The summed E-state index contributed by atoms with van der Waals surface area (Å²) in [6.45, 7) is 1.77. The van der Waals surface area contributed by atoms with E-state index in [2.05, 4.69) is 11.0 Å². The number of anilines is 1. The number of ether oxygens (including phenoxy) is 1. The van der Waals surface area contributed by atoms with Crippen molar-refractivity contribution in [3.63, 3.8) is 0 Å². The summed E-state index contributed by atoms with van der Waals surface area (Å²) in [5, 5.41) is 11.8. The third-order valence-electron chi connectivity index (χ3n) is 9.50. The molecule has 3 aliphatic heterocycles. The molecule has 1 aromatic rings. The van der Waals surface area contributed by atoms with Gasteiger partial charge in [0.05, 0.1) is 35.8 Å². The molecule has 3 spiro atoms. The van der Waals surface area contributed by atoms with Crippen molar-refractivity contribution in [3.05, 3.63) is 29.8 Å². The van der Waals surface area contributed by atoms with Crippen molar-refractivity contribution in [1.82, 2.24) is 4.90 Å². The lowest BCUT2D eigenvalue weighted by molar-refractivity contribution is -0.229. The van der Waals surface area contributed by atoms with Crippen LogP contribution in [0.1, 0.15) is 31.2 Å². The van der Waals surface area contributed by atoms with Gasteiger partial charge in [-0.25, -0.2) is 4.79 Å². The molecule has 0 radical (unpaired) electrons. The Labute approximate surface area is 163 Å². The molecule has 5 aliphatic carbocycles. The highest BCUT2D eigenvalue weighted by atomic mass is 16.5. The Morgan fingerprint density at radius 2 is 2.07 bits per heavy atom. The minimum absolute atomic E-state index is 0.145. The number of hydrogen-bond acceptors (Lipinski definition) is 5. The maximum atomic E-state index is 13.8. The minimum Gasteiger partial charge on any atom is -0.452 e. The molecule has 0 unspecified atom stereocenters.